The van der Waals surface area contributed by atoms with Crippen molar-refractivity contribution in [2.45, 2.75) is 6.42 Å². The van der Waals surface area contributed by atoms with Gasteiger partial charge in [-0.05, 0) is 0 Å². The number of aromatic nitrogens is 2. The van der Waals surface area contributed by atoms with Crippen LogP contribution in [-0.2, 0) is 4.79 Å². The Hall–Kier alpha value is -1.72. The van der Waals surface area contributed by atoms with Crippen LogP contribution in [0.4, 0.5) is 10.3 Å². The summed E-state index contributed by atoms with van der Waals surface area (Å²) in [5.41, 5.74) is 0. The Morgan fingerprint density at radius 1 is 1.47 bits per heavy atom. The summed E-state index contributed by atoms with van der Waals surface area (Å²) in [6.45, 7) is 0.433. The molecule has 0 aliphatic heterocycles. The second-order valence-corrected chi connectivity index (χ2v) is 3.19. The molecule has 0 aliphatic rings. The molecular formula is C9H13FN4O. The van der Waals surface area contributed by atoms with Crippen LogP contribution in [0.15, 0.2) is 12.4 Å². The van der Waals surface area contributed by atoms with E-state index >= 15 is 0 Å². The Bertz CT molecular complexity index is 325. The second-order valence-electron chi connectivity index (χ2n) is 3.19. The number of carbonyl (C=O) groups is 1. The Balaban J connectivity index is 2.32. The lowest BCUT2D eigenvalue weighted by atomic mass is 10.4. The van der Waals surface area contributed by atoms with Gasteiger partial charge in [-0.15, -0.1) is 0 Å². The zero-order chi connectivity index (χ0) is 11.3. The topological polar surface area (TPSA) is 58.1 Å². The molecule has 1 aromatic rings. The molecular weight excluding hydrogens is 199 g/mol. The van der Waals surface area contributed by atoms with Gasteiger partial charge in [0, 0.05) is 27.1 Å². The van der Waals surface area contributed by atoms with Crippen molar-refractivity contribution in [3.05, 3.63) is 18.2 Å². The van der Waals surface area contributed by atoms with E-state index in [0.29, 0.717) is 18.9 Å². The monoisotopic (exact) mass is 212 g/mol. The highest BCUT2D eigenvalue weighted by Crippen LogP contribution is 1.98. The molecule has 0 aliphatic carbocycles. The highest BCUT2D eigenvalue weighted by molar-refractivity contribution is 5.75. The van der Waals surface area contributed by atoms with Gasteiger partial charge in [0.05, 0.1) is 12.4 Å². The van der Waals surface area contributed by atoms with Crippen LogP contribution in [-0.4, -0.2) is 41.4 Å². The van der Waals surface area contributed by atoms with Crippen molar-refractivity contribution in [3.63, 3.8) is 0 Å². The molecule has 0 saturated carbocycles. The van der Waals surface area contributed by atoms with E-state index in [2.05, 4.69) is 15.3 Å². The Kier molecular flexibility index (Phi) is 3.96. The molecule has 1 heterocycles. The van der Waals surface area contributed by atoms with Crippen molar-refractivity contribution in [1.82, 2.24) is 14.9 Å². The van der Waals surface area contributed by atoms with Crippen molar-refractivity contribution in [1.29, 1.82) is 0 Å². The maximum atomic E-state index is 12.4. The fourth-order valence-electron chi connectivity index (χ4n) is 0.908. The van der Waals surface area contributed by atoms with E-state index in [-0.39, 0.29) is 5.91 Å². The average Bonchev–Trinajstić information content (AvgIpc) is 2.20. The lowest BCUT2D eigenvalue weighted by Gasteiger charge is -2.10. The van der Waals surface area contributed by atoms with Gasteiger partial charge in [-0.1, -0.05) is 0 Å². The van der Waals surface area contributed by atoms with Crippen molar-refractivity contribution in [2.75, 3.05) is 26.0 Å². The molecule has 0 radical (unpaired) electrons. The third-order valence-electron chi connectivity index (χ3n) is 1.74. The number of amides is 1. The molecule has 6 heteroatoms. The first-order valence-corrected chi connectivity index (χ1v) is 4.51. The van der Waals surface area contributed by atoms with E-state index in [4.69, 9.17) is 0 Å². The van der Waals surface area contributed by atoms with Crippen molar-refractivity contribution >= 4 is 11.9 Å². The molecule has 1 N–H and O–H groups in total. The minimum Gasteiger partial charge on any atom is -0.354 e. The summed E-state index contributed by atoms with van der Waals surface area (Å²) in [7, 11) is 3.38. The zero-order valence-electron chi connectivity index (χ0n) is 8.70. The number of nitrogens with one attached hydrogen (secondary N) is 1. The molecule has 1 rings (SSSR count). The molecule has 1 aromatic heterocycles. The van der Waals surface area contributed by atoms with Crippen LogP contribution >= 0.6 is 0 Å². The summed E-state index contributed by atoms with van der Waals surface area (Å²) in [6.07, 6.45) is 2.50. The first-order valence-electron chi connectivity index (χ1n) is 4.51. The summed E-state index contributed by atoms with van der Waals surface area (Å²) in [5.74, 6) is -0.141. The molecule has 0 bridgehead atoms. The van der Waals surface area contributed by atoms with E-state index in [1.807, 2.05) is 0 Å². The van der Waals surface area contributed by atoms with E-state index in [1.54, 1.807) is 14.1 Å². The molecule has 0 saturated heterocycles. The number of carbonyl (C=O) groups excluding carboxylic acids is 1. The third kappa shape index (κ3) is 3.88. The number of nitrogens with zero attached hydrogens (tertiary/aromatic N) is 3. The number of halogens is 1. The van der Waals surface area contributed by atoms with Gasteiger partial charge in [0.25, 0.3) is 0 Å². The molecule has 1 amide bonds. The summed E-state index contributed by atoms with van der Waals surface area (Å²) >= 11 is 0. The molecule has 0 unspecified atom stereocenters. The lowest BCUT2D eigenvalue weighted by molar-refractivity contribution is -0.128. The molecule has 15 heavy (non-hydrogen) atoms. The number of rotatable bonds is 4. The van der Waals surface area contributed by atoms with Crippen LogP contribution < -0.4 is 5.32 Å². The van der Waals surface area contributed by atoms with Gasteiger partial charge in [0.1, 0.15) is 0 Å². The average molecular weight is 212 g/mol. The summed E-state index contributed by atoms with van der Waals surface area (Å²) in [4.78, 5) is 20.1. The largest absolute Gasteiger partial charge is 0.354 e. The van der Waals surface area contributed by atoms with E-state index < -0.39 is 5.82 Å². The van der Waals surface area contributed by atoms with Crippen LogP contribution in [0.1, 0.15) is 6.42 Å². The third-order valence-corrected chi connectivity index (χ3v) is 1.74. The Labute approximate surface area is 87.3 Å². The SMILES string of the molecule is CN(C)C(=O)CCNc1ncc(F)cn1. The standard InChI is InChI=1S/C9H13FN4O/c1-14(2)8(15)3-4-11-9-12-5-7(10)6-13-9/h5-6H,3-4H2,1-2H3,(H,11,12,13). The van der Waals surface area contributed by atoms with E-state index in [1.165, 1.54) is 4.90 Å². The van der Waals surface area contributed by atoms with Gasteiger partial charge in [-0.3, -0.25) is 4.79 Å². The van der Waals surface area contributed by atoms with Crippen molar-refractivity contribution in [3.8, 4) is 0 Å². The zero-order valence-corrected chi connectivity index (χ0v) is 8.70. The fourth-order valence-corrected chi connectivity index (χ4v) is 0.908. The predicted octanol–water partition coefficient (Wildman–Crippen LogP) is 0.506. The maximum absolute atomic E-state index is 12.4. The fraction of sp³-hybridized carbons (Fsp3) is 0.444. The summed E-state index contributed by atoms with van der Waals surface area (Å²) in [5, 5.41) is 2.82. The Morgan fingerprint density at radius 3 is 2.60 bits per heavy atom. The summed E-state index contributed by atoms with van der Waals surface area (Å²) in [6, 6.07) is 0. The van der Waals surface area contributed by atoms with Crippen LogP contribution in [0.2, 0.25) is 0 Å². The molecule has 5 nitrogen and oxygen atoms in total. The van der Waals surface area contributed by atoms with Gasteiger partial charge in [0.2, 0.25) is 11.9 Å². The van der Waals surface area contributed by atoms with Gasteiger partial charge < -0.3 is 10.2 Å². The van der Waals surface area contributed by atoms with Gasteiger partial charge in [0.15, 0.2) is 5.82 Å². The lowest BCUT2D eigenvalue weighted by Crippen LogP contribution is -2.24. The predicted molar refractivity (Wildman–Crippen MR) is 53.8 cm³/mol. The van der Waals surface area contributed by atoms with Gasteiger partial charge in [-0.2, -0.15) is 0 Å². The molecule has 82 valence electrons. The van der Waals surface area contributed by atoms with E-state index in [0.717, 1.165) is 12.4 Å². The van der Waals surface area contributed by atoms with Crippen LogP contribution in [0.3, 0.4) is 0 Å². The smallest absolute Gasteiger partial charge is 0.223 e. The second kappa shape index (κ2) is 5.23. The van der Waals surface area contributed by atoms with E-state index in [9.17, 15) is 9.18 Å². The minimum atomic E-state index is -0.482. The molecule has 0 aromatic carbocycles. The Morgan fingerprint density at radius 2 is 2.07 bits per heavy atom. The highest BCUT2D eigenvalue weighted by atomic mass is 19.1. The van der Waals surface area contributed by atoms with Gasteiger partial charge in [-0.25, -0.2) is 14.4 Å². The van der Waals surface area contributed by atoms with Crippen LogP contribution in [0, 0.1) is 5.82 Å². The highest BCUT2D eigenvalue weighted by Gasteiger charge is 2.03. The van der Waals surface area contributed by atoms with Gasteiger partial charge >= 0.3 is 0 Å². The van der Waals surface area contributed by atoms with Crippen LogP contribution in [0.25, 0.3) is 0 Å². The molecule has 0 spiro atoms. The number of anilines is 1. The first-order chi connectivity index (χ1) is 7.09. The summed E-state index contributed by atoms with van der Waals surface area (Å²) < 4.78 is 12.4. The molecule has 0 fully saturated rings. The maximum Gasteiger partial charge on any atom is 0.223 e. The van der Waals surface area contributed by atoms with Crippen molar-refractivity contribution in [2.24, 2.45) is 0 Å². The van der Waals surface area contributed by atoms with Crippen LogP contribution in [0.5, 0.6) is 0 Å². The normalized spacial score (nSPS) is 9.80. The number of hydrogen-bond donors (Lipinski definition) is 1. The van der Waals surface area contributed by atoms with Crippen molar-refractivity contribution < 1.29 is 9.18 Å². The quantitative estimate of drug-likeness (QED) is 0.789. The first kappa shape index (κ1) is 11.4. The molecule has 0 atom stereocenters. The number of hydrogen-bond acceptors (Lipinski definition) is 4. The minimum absolute atomic E-state index is 0.0182.